The van der Waals surface area contributed by atoms with Crippen LogP contribution >= 0.6 is 11.3 Å². The van der Waals surface area contributed by atoms with Crippen molar-refractivity contribution < 1.29 is 13.2 Å². The second-order valence-electron chi connectivity index (χ2n) is 3.72. The first kappa shape index (κ1) is 14.1. The van der Waals surface area contributed by atoms with Crippen LogP contribution in [0.3, 0.4) is 0 Å². The monoisotopic (exact) mass is 276 g/mol. The largest absolute Gasteiger partial charge is 0.349 e. The van der Waals surface area contributed by atoms with Gasteiger partial charge in [-0.25, -0.2) is 13.1 Å². The molecule has 0 saturated heterocycles. The Balaban J connectivity index is 2.30. The number of hydrogen-bond donors (Lipinski definition) is 2. The third kappa shape index (κ3) is 5.81. The fourth-order valence-corrected chi connectivity index (χ4v) is 2.48. The fourth-order valence-electron chi connectivity index (χ4n) is 1.27. The van der Waals surface area contributed by atoms with E-state index >= 15 is 0 Å². The molecular formula is C10H16N2O3S2. The molecule has 0 fully saturated rings. The molecule has 0 saturated carbocycles. The Bertz CT molecular complexity index is 454. The molecule has 0 unspecified atom stereocenters. The number of amides is 1. The molecule has 5 nitrogen and oxygen atoms in total. The lowest BCUT2D eigenvalue weighted by Crippen LogP contribution is -2.31. The van der Waals surface area contributed by atoms with Crippen LogP contribution in [0.5, 0.6) is 0 Å². The van der Waals surface area contributed by atoms with Gasteiger partial charge in [-0.15, -0.1) is 11.3 Å². The maximum absolute atomic E-state index is 11.5. The number of hydrogen-bond acceptors (Lipinski definition) is 4. The first-order chi connectivity index (χ1) is 7.88. The van der Waals surface area contributed by atoms with Crippen molar-refractivity contribution >= 4 is 27.3 Å². The van der Waals surface area contributed by atoms with E-state index < -0.39 is 10.0 Å². The van der Waals surface area contributed by atoms with Crippen LogP contribution in [-0.2, 0) is 14.8 Å². The number of sulfonamides is 1. The summed E-state index contributed by atoms with van der Waals surface area (Å²) in [6, 6.07) is 3.83. The van der Waals surface area contributed by atoms with Crippen LogP contribution in [0.25, 0.3) is 0 Å². The van der Waals surface area contributed by atoms with Crippen molar-refractivity contribution in [2.45, 2.75) is 19.4 Å². The summed E-state index contributed by atoms with van der Waals surface area (Å²) >= 11 is 1.57. The summed E-state index contributed by atoms with van der Waals surface area (Å²) in [6.07, 6.45) is 1.21. The van der Waals surface area contributed by atoms with Crippen molar-refractivity contribution in [2.75, 3.05) is 12.8 Å². The van der Waals surface area contributed by atoms with E-state index in [1.165, 1.54) is 0 Å². The van der Waals surface area contributed by atoms with Crippen molar-refractivity contribution in [1.29, 1.82) is 0 Å². The standard InChI is InChI=1S/C10H16N2O3S2/c1-8(9-4-3-7-16-9)12-10(13)5-6-11-17(2,14)15/h3-4,7-8,11H,5-6H2,1-2H3,(H,12,13)/t8-/m0/s1. The van der Waals surface area contributed by atoms with Crippen molar-refractivity contribution in [3.8, 4) is 0 Å². The summed E-state index contributed by atoms with van der Waals surface area (Å²) in [4.78, 5) is 12.6. The van der Waals surface area contributed by atoms with E-state index in [2.05, 4.69) is 10.0 Å². The van der Waals surface area contributed by atoms with Gasteiger partial charge in [0.25, 0.3) is 0 Å². The Kier molecular flexibility index (Phi) is 5.10. The number of rotatable bonds is 6. The second-order valence-corrected chi connectivity index (χ2v) is 6.53. The lowest BCUT2D eigenvalue weighted by molar-refractivity contribution is -0.121. The molecule has 1 aromatic rings. The van der Waals surface area contributed by atoms with Gasteiger partial charge >= 0.3 is 0 Å². The Morgan fingerprint density at radius 3 is 2.76 bits per heavy atom. The van der Waals surface area contributed by atoms with E-state index in [0.717, 1.165) is 11.1 Å². The molecule has 1 amide bonds. The fraction of sp³-hybridized carbons (Fsp3) is 0.500. The van der Waals surface area contributed by atoms with Crippen LogP contribution in [0, 0.1) is 0 Å². The highest BCUT2D eigenvalue weighted by molar-refractivity contribution is 7.88. The molecule has 0 aliphatic rings. The Labute approximate surface area is 105 Å². The van der Waals surface area contributed by atoms with Crippen LogP contribution in [0.2, 0.25) is 0 Å². The second kappa shape index (κ2) is 6.13. The van der Waals surface area contributed by atoms with Crippen LogP contribution in [0.4, 0.5) is 0 Å². The summed E-state index contributed by atoms with van der Waals surface area (Å²) in [7, 11) is -3.22. The first-order valence-corrected chi connectivity index (χ1v) is 7.93. The highest BCUT2D eigenvalue weighted by Crippen LogP contribution is 2.17. The quantitative estimate of drug-likeness (QED) is 0.809. The summed E-state index contributed by atoms with van der Waals surface area (Å²) in [5.41, 5.74) is 0. The van der Waals surface area contributed by atoms with Gasteiger partial charge < -0.3 is 5.32 Å². The van der Waals surface area contributed by atoms with Crippen LogP contribution in [0.1, 0.15) is 24.3 Å². The molecule has 1 aromatic heterocycles. The van der Waals surface area contributed by atoms with Crippen molar-refractivity contribution in [1.82, 2.24) is 10.0 Å². The Hall–Kier alpha value is -0.920. The van der Waals surface area contributed by atoms with Gasteiger partial charge in [0.2, 0.25) is 15.9 Å². The van der Waals surface area contributed by atoms with Gasteiger partial charge in [0, 0.05) is 17.8 Å². The highest BCUT2D eigenvalue weighted by atomic mass is 32.2. The normalized spacial score (nSPS) is 13.3. The maximum atomic E-state index is 11.5. The van der Waals surface area contributed by atoms with Crippen LogP contribution in [-0.4, -0.2) is 27.1 Å². The van der Waals surface area contributed by atoms with Gasteiger partial charge in [-0.05, 0) is 18.4 Å². The molecule has 0 radical (unpaired) electrons. The van der Waals surface area contributed by atoms with Gasteiger partial charge in [-0.3, -0.25) is 4.79 Å². The molecule has 0 spiro atoms. The topological polar surface area (TPSA) is 75.3 Å². The zero-order chi connectivity index (χ0) is 12.9. The van der Waals surface area contributed by atoms with Gasteiger partial charge in [0.15, 0.2) is 0 Å². The van der Waals surface area contributed by atoms with Gasteiger partial charge in [-0.1, -0.05) is 6.07 Å². The minimum Gasteiger partial charge on any atom is -0.349 e. The van der Waals surface area contributed by atoms with E-state index in [1.54, 1.807) is 11.3 Å². The molecule has 1 heterocycles. The van der Waals surface area contributed by atoms with E-state index in [-0.39, 0.29) is 24.9 Å². The molecular weight excluding hydrogens is 260 g/mol. The highest BCUT2D eigenvalue weighted by Gasteiger charge is 2.10. The predicted octanol–water partition coefficient (Wildman–Crippen LogP) is 0.865. The minimum absolute atomic E-state index is 0.0410. The minimum atomic E-state index is -3.22. The molecule has 96 valence electrons. The van der Waals surface area contributed by atoms with Gasteiger partial charge in [-0.2, -0.15) is 0 Å². The van der Waals surface area contributed by atoms with Crippen molar-refractivity contribution in [2.24, 2.45) is 0 Å². The molecule has 0 aliphatic heterocycles. The smallest absolute Gasteiger partial charge is 0.221 e. The van der Waals surface area contributed by atoms with E-state index in [0.29, 0.717) is 0 Å². The molecule has 0 aliphatic carbocycles. The summed E-state index contributed by atoms with van der Waals surface area (Å²) in [5.74, 6) is -0.165. The van der Waals surface area contributed by atoms with E-state index in [4.69, 9.17) is 0 Å². The lowest BCUT2D eigenvalue weighted by Gasteiger charge is -2.12. The van der Waals surface area contributed by atoms with Gasteiger partial charge in [0.05, 0.1) is 12.3 Å². The molecule has 7 heteroatoms. The number of thiophene rings is 1. The Morgan fingerprint density at radius 2 is 2.24 bits per heavy atom. The molecule has 0 bridgehead atoms. The van der Waals surface area contributed by atoms with Crippen molar-refractivity contribution in [3.05, 3.63) is 22.4 Å². The third-order valence-electron chi connectivity index (χ3n) is 2.06. The summed E-state index contributed by atoms with van der Waals surface area (Å²) in [5, 5.41) is 4.75. The van der Waals surface area contributed by atoms with Crippen molar-refractivity contribution in [3.63, 3.8) is 0 Å². The van der Waals surface area contributed by atoms with E-state index in [1.807, 2.05) is 24.4 Å². The van der Waals surface area contributed by atoms with Gasteiger partial charge in [0.1, 0.15) is 0 Å². The predicted molar refractivity (Wildman–Crippen MR) is 68.3 cm³/mol. The lowest BCUT2D eigenvalue weighted by atomic mass is 10.2. The Morgan fingerprint density at radius 1 is 1.53 bits per heavy atom. The first-order valence-electron chi connectivity index (χ1n) is 5.16. The van der Waals surface area contributed by atoms with E-state index in [9.17, 15) is 13.2 Å². The SMILES string of the molecule is C[C@H](NC(=O)CCNS(C)(=O)=O)c1cccs1. The third-order valence-corrected chi connectivity index (χ3v) is 3.85. The molecule has 2 N–H and O–H groups in total. The molecule has 1 atom stereocenters. The van der Waals surface area contributed by atoms with Crippen LogP contribution < -0.4 is 10.0 Å². The summed E-state index contributed by atoms with van der Waals surface area (Å²) in [6.45, 7) is 2.02. The number of carbonyl (C=O) groups excluding carboxylic acids is 1. The molecule has 0 aromatic carbocycles. The zero-order valence-electron chi connectivity index (χ0n) is 9.76. The maximum Gasteiger partial charge on any atom is 0.221 e. The average molecular weight is 276 g/mol. The van der Waals surface area contributed by atoms with Crippen LogP contribution in [0.15, 0.2) is 17.5 Å². The molecule has 1 rings (SSSR count). The molecule has 17 heavy (non-hydrogen) atoms. The number of carbonyl (C=O) groups is 1. The number of nitrogens with one attached hydrogen (secondary N) is 2. The zero-order valence-corrected chi connectivity index (χ0v) is 11.4. The average Bonchev–Trinajstić information content (AvgIpc) is 2.67. The summed E-state index contributed by atoms with van der Waals surface area (Å²) < 4.78 is 23.8.